The number of esters is 1. The van der Waals surface area contributed by atoms with Gasteiger partial charge in [0.2, 0.25) is 22.5 Å². The van der Waals surface area contributed by atoms with Crippen LogP contribution in [0.5, 0.6) is 11.5 Å². The van der Waals surface area contributed by atoms with Crippen molar-refractivity contribution in [3.63, 3.8) is 0 Å². The molecule has 4 aromatic carbocycles. The van der Waals surface area contributed by atoms with Crippen LogP contribution in [0, 0.1) is 6.92 Å². The maximum absolute atomic E-state index is 13.6. The molecule has 0 radical (unpaired) electrons. The number of carboxylic acids is 1. The molecule has 12 heteroatoms. The highest BCUT2D eigenvalue weighted by Crippen LogP contribution is 2.45. The number of carboxylic acid groups (broad SMARTS) is 1. The summed E-state index contributed by atoms with van der Waals surface area (Å²) in [5, 5.41) is 13.3. The second-order valence-corrected chi connectivity index (χ2v) is 28.4. The molecule has 0 aliphatic rings. The van der Waals surface area contributed by atoms with Gasteiger partial charge in [0.15, 0.2) is 0 Å². The minimum atomic E-state index is -2.46. The monoisotopic (exact) mass is 857 g/mol. The second kappa shape index (κ2) is 19.3. The van der Waals surface area contributed by atoms with E-state index in [1.54, 1.807) is 6.92 Å². The van der Waals surface area contributed by atoms with E-state index in [0.29, 0.717) is 22.6 Å². The van der Waals surface area contributed by atoms with Crippen molar-refractivity contribution >= 4 is 46.2 Å². The van der Waals surface area contributed by atoms with Gasteiger partial charge in [-0.2, -0.15) is 11.8 Å². The zero-order chi connectivity index (χ0) is 43.8. The number of rotatable bonds is 18. The Bertz CT molecular complexity index is 1950. The Labute approximate surface area is 357 Å². The number of amides is 1. The summed E-state index contributed by atoms with van der Waals surface area (Å²) in [7, 11) is -3.54. The number of aromatic carboxylic acids is 1. The molecule has 0 aromatic heterocycles. The fourth-order valence-electron chi connectivity index (χ4n) is 6.19. The fraction of sp³-hybridized carbons (Fsp3) is 0.426. The summed E-state index contributed by atoms with van der Waals surface area (Å²) in [6.07, 6.45) is -0.0328. The molecule has 1 atom stereocenters. The number of methoxy groups -OCH3 is 1. The lowest BCUT2D eigenvalue weighted by atomic mass is 9.80. The van der Waals surface area contributed by atoms with Crippen LogP contribution in [-0.2, 0) is 30.4 Å². The Morgan fingerprint density at radius 2 is 1.17 bits per heavy atom. The second-order valence-electron chi connectivity index (χ2n) is 17.9. The average Bonchev–Trinajstić information content (AvgIpc) is 3.17. The summed E-state index contributed by atoms with van der Waals surface area (Å²) >= 11 is 1.32. The molecule has 0 saturated heterocycles. The summed E-state index contributed by atoms with van der Waals surface area (Å²) in [6.45, 7) is 23.1. The third-order valence-electron chi connectivity index (χ3n) is 11.7. The molecule has 0 saturated carbocycles. The van der Waals surface area contributed by atoms with Gasteiger partial charge in [0.05, 0.1) is 25.7 Å². The van der Waals surface area contributed by atoms with Gasteiger partial charge in [0.25, 0.3) is 0 Å². The molecule has 2 N–H and O–H groups in total. The molecule has 1 unspecified atom stereocenters. The first-order valence-electron chi connectivity index (χ1n) is 20.1. The van der Waals surface area contributed by atoms with E-state index in [1.165, 1.54) is 18.9 Å². The lowest BCUT2D eigenvalue weighted by Crippen LogP contribution is -2.45. The molecule has 0 heterocycles. The standard InChI is InChI=1S/C47H63NO8SSi2/c1-33-39(55-58(9,10)45(2,3)4)30-40(56-59(11,12)46(5,6)7)37(42(33)43(50)51)31-57-32-38(44(52)53-8)48-41(49)28-29-54-47(34-22-16-13-17-23-34,35-24-18-14-19-25-35)36-26-20-15-21-27-36/h13-27,30,38H,28-29,31-32H2,1-12H3,(H,48,49)(H,50,51). The zero-order valence-electron chi connectivity index (χ0n) is 36.9. The van der Waals surface area contributed by atoms with Gasteiger partial charge in [0, 0.05) is 28.7 Å². The highest BCUT2D eigenvalue weighted by atomic mass is 32.2. The van der Waals surface area contributed by atoms with Crippen molar-refractivity contribution in [3.05, 3.63) is 130 Å². The van der Waals surface area contributed by atoms with Crippen LogP contribution in [0.25, 0.3) is 0 Å². The number of thioether (sulfide) groups is 1. The first kappa shape index (κ1) is 47.3. The normalized spacial score (nSPS) is 13.0. The number of carbonyl (C=O) groups excluding carboxylic acids is 2. The molecule has 9 nitrogen and oxygen atoms in total. The lowest BCUT2D eigenvalue weighted by Gasteiger charge is -2.39. The van der Waals surface area contributed by atoms with Crippen molar-refractivity contribution < 1.29 is 37.8 Å². The van der Waals surface area contributed by atoms with E-state index in [1.807, 2.05) is 97.1 Å². The van der Waals surface area contributed by atoms with Gasteiger partial charge in [-0.25, -0.2) is 9.59 Å². The molecule has 0 bridgehead atoms. The molecule has 0 spiro atoms. The molecule has 1 amide bonds. The molecule has 0 aliphatic carbocycles. The van der Waals surface area contributed by atoms with Crippen LogP contribution in [0.1, 0.15) is 86.1 Å². The van der Waals surface area contributed by atoms with Gasteiger partial charge in [-0.05, 0) is 59.9 Å². The Morgan fingerprint density at radius 3 is 1.58 bits per heavy atom. The molecule has 318 valence electrons. The van der Waals surface area contributed by atoms with Crippen molar-refractivity contribution in [2.45, 2.75) is 109 Å². The molecular formula is C47H63NO8SSi2. The summed E-state index contributed by atoms with van der Waals surface area (Å²) in [6, 6.07) is 30.6. The largest absolute Gasteiger partial charge is 0.543 e. The molecule has 0 aliphatic heterocycles. The van der Waals surface area contributed by atoms with Crippen LogP contribution in [0.2, 0.25) is 36.3 Å². The van der Waals surface area contributed by atoms with E-state index in [4.69, 9.17) is 18.3 Å². The topological polar surface area (TPSA) is 120 Å². The van der Waals surface area contributed by atoms with Crippen LogP contribution in [0.15, 0.2) is 97.1 Å². The SMILES string of the molecule is COC(=O)C(CSCc1c(O[Si](C)(C)C(C)(C)C)cc(O[Si](C)(C)C(C)(C)C)c(C)c1C(=O)O)NC(=O)CCOC(c1ccccc1)(c1ccccc1)c1ccccc1. The summed E-state index contributed by atoms with van der Waals surface area (Å²) in [5.41, 5.74) is 2.89. The van der Waals surface area contributed by atoms with Gasteiger partial charge in [-0.15, -0.1) is 0 Å². The maximum atomic E-state index is 13.6. The fourth-order valence-corrected chi connectivity index (χ4v) is 9.36. The smallest absolute Gasteiger partial charge is 0.336 e. The Balaban J connectivity index is 1.60. The number of nitrogens with one attached hydrogen (secondary N) is 1. The van der Waals surface area contributed by atoms with Crippen LogP contribution < -0.4 is 14.2 Å². The lowest BCUT2D eigenvalue weighted by molar-refractivity contribution is -0.144. The van der Waals surface area contributed by atoms with Crippen LogP contribution in [0.3, 0.4) is 0 Å². The predicted octanol–water partition coefficient (Wildman–Crippen LogP) is 10.8. The van der Waals surface area contributed by atoms with E-state index in [9.17, 15) is 19.5 Å². The van der Waals surface area contributed by atoms with Crippen molar-refractivity contribution in [1.29, 1.82) is 0 Å². The van der Waals surface area contributed by atoms with Crippen molar-refractivity contribution in [2.24, 2.45) is 0 Å². The minimum Gasteiger partial charge on any atom is -0.543 e. The summed E-state index contributed by atoms with van der Waals surface area (Å²) < 4.78 is 25.5. The van der Waals surface area contributed by atoms with Crippen molar-refractivity contribution in [1.82, 2.24) is 5.32 Å². The van der Waals surface area contributed by atoms with E-state index in [2.05, 4.69) is 73.0 Å². The van der Waals surface area contributed by atoms with Gasteiger partial charge >= 0.3 is 11.9 Å². The maximum Gasteiger partial charge on any atom is 0.336 e. The van der Waals surface area contributed by atoms with Crippen LogP contribution >= 0.6 is 11.8 Å². The predicted molar refractivity (Wildman–Crippen MR) is 244 cm³/mol. The zero-order valence-corrected chi connectivity index (χ0v) is 39.7. The van der Waals surface area contributed by atoms with Gasteiger partial charge in [-0.1, -0.05) is 133 Å². The number of hydrogen-bond donors (Lipinski definition) is 2. The average molecular weight is 858 g/mol. The molecular weight excluding hydrogens is 795 g/mol. The highest BCUT2D eigenvalue weighted by molar-refractivity contribution is 7.98. The van der Waals surface area contributed by atoms with Gasteiger partial charge in [0.1, 0.15) is 23.1 Å². The van der Waals surface area contributed by atoms with Crippen molar-refractivity contribution in [2.75, 3.05) is 19.5 Å². The van der Waals surface area contributed by atoms with E-state index < -0.39 is 40.2 Å². The Kier molecular flexibility index (Phi) is 15.5. The first-order valence-corrected chi connectivity index (χ1v) is 27.1. The van der Waals surface area contributed by atoms with Gasteiger partial charge < -0.3 is 28.7 Å². The van der Waals surface area contributed by atoms with Crippen LogP contribution in [-0.4, -0.2) is 65.1 Å². The summed E-state index contributed by atoms with van der Waals surface area (Å²) in [5.74, 6) is -0.780. The first-order chi connectivity index (χ1) is 27.6. The number of benzene rings is 4. The number of ether oxygens (including phenoxy) is 2. The van der Waals surface area contributed by atoms with Crippen LogP contribution in [0.4, 0.5) is 0 Å². The molecule has 0 fully saturated rings. The molecule has 59 heavy (non-hydrogen) atoms. The highest BCUT2D eigenvalue weighted by Gasteiger charge is 2.43. The Morgan fingerprint density at radius 1 is 0.729 bits per heavy atom. The van der Waals surface area contributed by atoms with Gasteiger partial charge in [-0.3, -0.25) is 4.79 Å². The minimum absolute atomic E-state index is 0.0328. The number of hydrogen-bond acceptors (Lipinski definition) is 8. The van der Waals surface area contributed by atoms with Crippen molar-refractivity contribution in [3.8, 4) is 11.5 Å². The molecule has 4 rings (SSSR count). The Hall–Kier alpha value is -4.37. The third-order valence-corrected chi connectivity index (χ3v) is 21.4. The number of carbonyl (C=O) groups is 3. The molecule has 4 aromatic rings. The quantitative estimate of drug-likeness (QED) is 0.0572. The summed E-state index contributed by atoms with van der Waals surface area (Å²) in [4.78, 5) is 39.8. The van der Waals surface area contributed by atoms with E-state index >= 15 is 0 Å². The third kappa shape index (κ3) is 11.3. The van der Waals surface area contributed by atoms with E-state index in [-0.39, 0.29) is 46.1 Å². The van der Waals surface area contributed by atoms with E-state index in [0.717, 1.165) is 16.7 Å².